The number of carbonyl (C=O) groups excluding carboxylic acids is 2. The third-order valence-corrected chi connectivity index (χ3v) is 8.99. The minimum Gasteiger partial charge on any atom is -0.491 e. The number of carboxylic acids is 1. The highest BCUT2D eigenvalue weighted by Crippen LogP contribution is 2.57. The zero-order chi connectivity index (χ0) is 32.7. The summed E-state index contributed by atoms with van der Waals surface area (Å²) in [4.78, 5) is 40.4. The van der Waals surface area contributed by atoms with Gasteiger partial charge in [-0.05, 0) is 65.8 Å². The summed E-state index contributed by atoms with van der Waals surface area (Å²) in [5.41, 5.74) is -0.232. The van der Waals surface area contributed by atoms with Crippen LogP contribution in [0.15, 0.2) is 54.6 Å². The molecule has 238 valence electrons. The zero-order valence-corrected chi connectivity index (χ0v) is 27.0. The van der Waals surface area contributed by atoms with Gasteiger partial charge in [0, 0.05) is 22.7 Å². The second kappa shape index (κ2) is 12.6. The Morgan fingerprint density at radius 3 is 2.56 bits per heavy atom. The number of halogens is 3. The normalized spacial score (nSPS) is 22.3. The molecule has 45 heavy (non-hydrogen) atoms. The first-order valence-electron chi connectivity index (χ1n) is 14.9. The molecule has 1 fully saturated rings. The summed E-state index contributed by atoms with van der Waals surface area (Å²) in [6.45, 7) is 8.41. The fourth-order valence-corrected chi connectivity index (χ4v) is 6.92. The Labute approximate surface area is 271 Å². The van der Waals surface area contributed by atoms with Crippen LogP contribution in [0.2, 0.25) is 10.0 Å². The van der Waals surface area contributed by atoms with Gasteiger partial charge in [-0.2, -0.15) is 0 Å². The number of hydrogen-bond acceptors (Lipinski definition) is 5. The van der Waals surface area contributed by atoms with E-state index in [0.29, 0.717) is 29.3 Å². The molecule has 0 radical (unpaired) electrons. The number of carboxylic acid groups (broad SMARTS) is 1. The van der Waals surface area contributed by atoms with E-state index in [-0.39, 0.29) is 38.9 Å². The Kier molecular flexibility index (Phi) is 9.18. The van der Waals surface area contributed by atoms with E-state index in [1.807, 2.05) is 27.7 Å². The van der Waals surface area contributed by atoms with Crippen molar-refractivity contribution < 1.29 is 28.6 Å². The number of carbonyl (C=O) groups is 3. The third kappa shape index (κ3) is 6.13. The van der Waals surface area contributed by atoms with Crippen LogP contribution in [0, 0.1) is 11.2 Å². The van der Waals surface area contributed by atoms with E-state index in [1.54, 1.807) is 30.3 Å². The number of nitrogens with one attached hydrogen (secondary N) is 3. The molecule has 0 saturated carbocycles. The predicted octanol–water partition coefficient (Wildman–Crippen LogP) is 7.40. The molecule has 0 aliphatic carbocycles. The van der Waals surface area contributed by atoms with Gasteiger partial charge in [-0.1, -0.05) is 75.5 Å². The van der Waals surface area contributed by atoms with Gasteiger partial charge in [0.1, 0.15) is 17.0 Å². The second-order valence-electron chi connectivity index (χ2n) is 12.8. The molecule has 11 heteroatoms. The van der Waals surface area contributed by atoms with Crippen LogP contribution in [-0.2, 0) is 15.0 Å². The first-order valence-corrected chi connectivity index (χ1v) is 15.7. The van der Waals surface area contributed by atoms with Gasteiger partial charge in [0.25, 0.3) is 0 Å². The van der Waals surface area contributed by atoms with Crippen molar-refractivity contribution in [2.24, 2.45) is 5.41 Å². The van der Waals surface area contributed by atoms with Crippen LogP contribution in [-0.4, -0.2) is 41.6 Å². The van der Waals surface area contributed by atoms with Crippen LogP contribution < -0.4 is 20.7 Å². The van der Waals surface area contributed by atoms with Crippen LogP contribution in [0.5, 0.6) is 5.75 Å². The van der Waals surface area contributed by atoms with Crippen molar-refractivity contribution in [1.82, 2.24) is 5.32 Å². The highest BCUT2D eigenvalue weighted by atomic mass is 35.5. The summed E-state index contributed by atoms with van der Waals surface area (Å²) in [7, 11) is 0. The molecule has 1 unspecified atom stereocenters. The van der Waals surface area contributed by atoms with Gasteiger partial charge in [0.05, 0.1) is 28.9 Å². The van der Waals surface area contributed by atoms with Crippen molar-refractivity contribution in [1.29, 1.82) is 0 Å². The summed E-state index contributed by atoms with van der Waals surface area (Å²) in [6, 6.07) is 12.1. The number of unbranched alkanes of at least 4 members (excludes halogenated alkanes) is 1. The largest absolute Gasteiger partial charge is 0.491 e. The van der Waals surface area contributed by atoms with Crippen LogP contribution in [0.4, 0.5) is 15.8 Å². The molecule has 2 heterocycles. The van der Waals surface area contributed by atoms with E-state index < -0.39 is 41.1 Å². The van der Waals surface area contributed by atoms with E-state index >= 15 is 4.39 Å². The second-order valence-corrected chi connectivity index (χ2v) is 13.6. The number of amides is 2. The zero-order valence-electron chi connectivity index (χ0n) is 25.5. The first-order chi connectivity index (χ1) is 21.3. The molecular weight excluding hydrogens is 620 g/mol. The molecule has 3 aromatic carbocycles. The van der Waals surface area contributed by atoms with Crippen LogP contribution in [0.25, 0.3) is 0 Å². The fourth-order valence-electron chi connectivity index (χ4n) is 6.57. The predicted molar refractivity (Wildman–Crippen MR) is 173 cm³/mol. The van der Waals surface area contributed by atoms with Crippen molar-refractivity contribution in [2.75, 3.05) is 17.2 Å². The third-order valence-electron chi connectivity index (χ3n) is 8.46. The van der Waals surface area contributed by atoms with E-state index in [0.717, 1.165) is 12.8 Å². The summed E-state index contributed by atoms with van der Waals surface area (Å²) in [6.07, 6.45) is 2.04. The number of benzene rings is 3. The van der Waals surface area contributed by atoms with E-state index in [4.69, 9.17) is 27.9 Å². The molecule has 2 aliphatic heterocycles. The molecule has 1 spiro atoms. The number of hydrogen-bond donors (Lipinski definition) is 4. The number of rotatable bonds is 9. The minimum atomic E-state index is -1.41. The Morgan fingerprint density at radius 2 is 1.87 bits per heavy atom. The SMILES string of the molecule is CCCCOc1cc(C(=O)O)ccc1NC(=O)[C@@H]1N[C@@H](CC(C)(C)C)C2(C(=O)Nc3cc(Cl)ccc32)[C@H]1c1cccc(Cl)c1F. The first kappa shape index (κ1) is 32.7. The van der Waals surface area contributed by atoms with Gasteiger partial charge in [0.2, 0.25) is 11.8 Å². The van der Waals surface area contributed by atoms with E-state index in [2.05, 4.69) is 16.0 Å². The molecule has 0 bridgehead atoms. The van der Waals surface area contributed by atoms with Gasteiger partial charge in [-0.3, -0.25) is 9.59 Å². The van der Waals surface area contributed by atoms with Crippen LogP contribution in [0.1, 0.15) is 74.4 Å². The maximum absolute atomic E-state index is 16.0. The Morgan fingerprint density at radius 1 is 1.11 bits per heavy atom. The number of ether oxygens (including phenoxy) is 1. The minimum absolute atomic E-state index is 0.000507. The molecule has 2 amide bonds. The summed E-state index contributed by atoms with van der Waals surface area (Å²) in [5, 5.41) is 19.1. The van der Waals surface area contributed by atoms with Gasteiger partial charge < -0.3 is 25.8 Å². The van der Waals surface area contributed by atoms with Crippen molar-refractivity contribution in [3.8, 4) is 5.75 Å². The molecule has 8 nitrogen and oxygen atoms in total. The molecule has 3 aromatic rings. The lowest BCUT2D eigenvalue weighted by Gasteiger charge is -2.37. The lowest BCUT2D eigenvalue weighted by Crippen LogP contribution is -2.49. The van der Waals surface area contributed by atoms with Crippen molar-refractivity contribution in [3.63, 3.8) is 0 Å². The summed E-state index contributed by atoms with van der Waals surface area (Å²) in [5.74, 6) is -3.62. The molecule has 4 atom stereocenters. The lowest BCUT2D eigenvalue weighted by molar-refractivity contribution is -0.122. The quantitative estimate of drug-likeness (QED) is 0.179. The molecule has 2 aliphatic rings. The summed E-state index contributed by atoms with van der Waals surface area (Å²) < 4.78 is 21.9. The Bertz CT molecular complexity index is 1660. The van der Waals surface area contributed by atoms with E-state index in [1.165, 1.54) is 24.3 Å². The Balaban J connectivity index is 1.67. The number of anilines is 2. The number of aromatic carboxylic acids is 1. The highest BCUT2D eigenvalue weighted by Gasteiger charge is 2.66. The lowest BCUT2D eigenvalue weighted by atomic mass is 9.62. The van der Waals surface area contributed by atoms with Gasteiger partial charge in [-0.15, -0.1) is 0 Å². The molecule has 4 N–H and O–H groups in total. The monoisotopic (exact) mass is 655 g/mol. The van der Waals surface area contributed by atoms with Gasteiger partial charge in [0.15, 0.2) is 0 Å². The molecule has 5 rings (SSSR count). The van der Waals surface area contributed by atoms with Crippen molar-refractivity contribution >= 4 is 52.4 Å². The van der Waals surface area contributed by atoms with Gasteiger partial charge in [-0.25, -0.2) is 9.18 Å². The van der Waals surface area contributed by atoms with Crippen molar-refractivity contribution in [2.45, 2.75) is 70.4 Å². The maximum atomic E-state index is 16.0. The average Bonchev–Trinajstić information content (AvgIpc) is 3.44. The average molecular weight is 657 g/mol. The van der Waals surface area contributed by atoms with Gasteiger partial charge >= 0.3 is 5.97 Å². The van der Waals surface area contributed by atoms with E-state index in [9.17, 15) is 19.5 Å². The molecular formula is C34H36Cl2FN3O5. The van der Waals surface area contributed by atoms with Crippen LogP contribution in [0.3, 0.4) is 0 Å². The molecule has 0 aromatic heterocycles. The Hall–Kier alpha value is -3.66. The van der Waals surface area contributed by atoms with Crippen LogP contribution >= 0.6 is 23.2 Å². The maximum Gasteiger partial charge on any atom is 0.335 e. The topological polar surface area (TPSA) is 117 Å². The van der Waals surface area contributed by atoms with Crippen molar-refractivity contribution in [3.05, 3.63) is 87.2 Å². The highest BCUT2D eigenvalue weighted by molar-refractivity contribution is 6.31. The molecule has 1 saturated heterocycles. The summed E-state index contributed by atoms with van der Waals surface area (Å²) >= 11 is 12.6. The number of fused-ring (bicyclic) bond motifs is 2. The standard InChI is InChI=1S/C34H36Cl2FN3O5/c1-5-6-14-45-25-15-18(31(42)43)10-13-23(25)38-30(41)29-27(20-8-7-9-22(36)28(20)37)34(26(40-29)17-33(2,3)4)21-12-11-19(35)16-24(21)39-32(34)44/h7-13,15-16,26-27,29,40H,5-6,14,17H2,1-4H3,(H,38,41)(H,39,44)(H,42,43)/t26-,27-,29+,34?/m0/s1. The fraction of sp³-hybridized carbons (Fsp3) is 0.382. The smallest absolute Gasteiger partial charge is 0.335 e.